The number of hydrogen-bond acceptors (Lipinski definition) is 12. The van der Waals surface area contributed by atoms with Gasteiger partial charge in [0.1, 0.15) is 48.6 Å². The highest BCUT2D eigenvalue weighted by Crippen LogP contribution is 2.51. The van der Waals surface area contributed by atoms with Gasteiger partial charge in [0.15, 0.2) is 0 Å². The van der Waals surface area contributed by atoms with Gasteiger partial charge in [-0.25, -0.2) is 9.37 Å². The molecule has 0 saturated heterocycles. The van der Waals surface area contributed by atoms with E-state index in [0.29, 0.717) is 74.5 Å². The van der Waals surface area contributed by atoms with Gasteiger partial charge in [-0.05, 0) is 6.42 Å². The zero-order valence-electron chi connectivity index (χ0n) is 31.7. The Morgan fingerprint density at radius 2 is 1.15 bits per heavy atom. The monoisotopic (exact) mass is 721 g/mol. The van der Waals surface area contributed by atoms with Crippen LogP contribution in [0.5, 0.6) is 34.8 Å². The first-order valence-corrected chi connectivity index (χ1v) is 16.4. The fraction of sp³-hybridized carbons (Fsp3) is 0.368. The Labute approximate surface area is 304 Å². The maximum Gasteiger partial charge on any atom is 0.333 e. The van der Waals surface area contributed by atoms with Crippen LogP contribution in [0, 0.1) is 0 Å². The third kappa shape index (κ3) is 8.01. The molecule has 2 N–H and O–H groups in total. The molecule has 1 aliphatic carbocycles. The van der Waals surface area contributed by atoms with E-state index in [2.05, 4.69) is 0 Å². The molecule has 280 valence electrons. The van der Waals surface area contributed by atoms with Gasteiger partial charge in [0, 0.05) is 87.5 Å². The number of nitrogens with zero attached hydrogens (tertiary/aromatic N) is 4. The van der Waals surface area contributed by atoms with Gasteiger partial charge >= 0.3 is 5.97 Å². The Hall–Kier alpha value is -5.92. The Kier molecular flexibility index (Phi) is 12.6. The van der Waals surface area contributed by atoms with E-state index in [4.69, 9.17) is 33.3 Å². The third-order valence-electron chi connectivity index (χ3n) is 8.56. The molecule has 4 rings (SSSR count). The molecule has 1 aliphatic rings. The minimum Gasteiger partial charge on any atom is -0.496 e. The average molecular weight is 722 g/mol. The lowest BCUT2D eigenvalue weighted by atomic mass is 9.86. The van der Waals surface area contributed by atoms with Gasteiger partial charge in [0.05, 0.1) is 71.5 Å². The first-order valence-electron chi connectivity index (χ1n) is 16.4. The molecule has 3 aromatic rings. The quantitative estimate of drug-likeness (QED) is 0.215. The summed E-state index contributed by atoms with van der Waals surface area (Å²) in [5, 5.41) is 19.6. The topological polar surface area (TPSA) is 137 Å². The molecule has 1 aromatic heterocycles. The van der Waals surface area contributed by atoms with Crippen LogP contribution in [0.1, 0.15) is 24.0 Å². The number of allylic oxidation sites excluding steroid dienone is 2. The molecule has 14 nitrogen and oxygen atoms in total. The van der Waals surface area contributed by atoms with E-state index in [1.165, 1.54) is 12.1 Å². The molecule has 1 heterocycles. The number of carbonyl (C=O) groups is 1. The fourth-order valence-electron chi connectivity index (χ4n) is 5.78. The Morgan fingerprint density at radius 1 is 0.712 bits per heavy atom. The summed E-state index contributed by atoms with van der Waals surface area (Å²) in [6.07, 6.45) is 4.28. The lowest BCUT2D eigenvalue weighted by Crippen LogP contribution is -2.23. The molecule has 0 aliphatic heterocycles. The smallest absolute Gasteiger partial charge is 0.333 e. The molecule has 52 heavy (non-hydrogen) atoms. The number of benzene rings is 2. The molecule has 0 fully saturated rings. The van der Waals surface area contributed by atoms with Crippen LogP contribution in [0.3, 0.4) is 0 Å². The Bertz CT molecular complexity index is 1820. The van der Waals surface area contributed by atoms with E-state index in [-0.39, 0.29) is 18.2 Å². The van der Waals surface area contributed by atoms with Crippen molar-refractivity contribution in [3.8, 4) is 34.8 Å². The number of carbonyl (C=O) groups excluding carboxylic acids is 1. The van der Waals surface area contributed by atoms with Gasteiger partial charge in [-0.15, -0.1) is 4.73 Å². The van der Waals surface area contributed by atoms with Crippen molar-refractivity contribution >= 4 is 28.6 Å². The lowest BCUT2D eigenvalue weighted by Gasteiger charge is -2.28. The summed E-state index contributed by atoms with van der Waals surface area (Å²) < 4.78 is 39.1. The van der Waals surface area contributed by atoms with E-state index in [1.807, 2.05) is 86.0 Å². The normalized spacial score (nSPS) is 12.4. The number of aromatic hydroxyl groups is 2. The summed E-state index contributed by atoms with van der Waals surface area (Å²) in [7, 11) is 19.2. The standard InChI is InChI=1S/C38H48N4O10/c1-39(2)23-17-26(46-6)35(27(18-23)47-7)38(36-28(48-8)19-24(40(3)4)20-29(36)49-9)37-30(50-10)21-25(22-31(37)51-11)41(5)16-12-13-34(45)52-42-32(43)14-15-33(42)44/h14-15,17-22H,12-13,16H2,1-11H3,(H-,43,44)/p+1. The third-order valence-corrected chi connectivity index (χ3v) is 8.56. The second-order valence-electron chi connectivity index (χ2n) is 12.2. The molecule has 0 atom stereocenters. The zero-order chi connectivity index (χ0) is 38.3. The summed E-state index contributed by atoms with van der Waals surface area (Å²) in [4.78, 5) is 21.5. The van der Waals surface area contributed by atoms with Gasteiger partial charge in [-0.3, -0.25) is 0 Å². The van der Waals surface area contributed by atoms with Gasteiger partial charge in [-0.2, -0.15) is 0 Å². The predicted molar refractivity (Wildman–Crippen MR) is 199 cm³/mol. The van der Waals surface area contributed by atoms with Crippen molar-refractivity contribution in [2.45, 2.75) is 12.8 Å². The fourth-order valence-corrected chi connectivity index (χ4v) is 5.78. The molecular formula is C38H49N4O10+. The molecule has 0 amide bonds. The van der Waals surface area contributed by atoms with Crippen LogP contribution in [-0.4, -0.2) is 116 Å². The number of aromatic nitrogens is 1. The Morgan fingerprint density at radius 3 is 1.54 bits per heavy atom. The number of hydrogen-bond donors (Lipinski definition) is 2. The van der Waals surface area contributed by atoms with Crippen LogP contribution in [0.15, 0.2) is 65.6 Å². The Balaban J connectivity index is 1.91. The summed E-state index contributed by atoms with van der Waals surface area (Å²) in [5.74, 6) is 1.65. The average Bonchev–Trinajstić information content (AvgIpc) is 3.46. The van der Waals surface area contributed by atoms with Gasteiger partial charge < -0.3 is 53.3 Å². The highest BCUT2D eigenvalue weighted by Gasteiger charge is 2.34. The van der Waals surface area contributed by atoms with E-state index in [9.17, 15) is 15.0 Å². The van der Waals surface area contributed by atoms with Crippen LogP contribution in [0.2, 0.25) is 0 Å². The molecular weight excluding hydrogens is 672 g/mol. The maximum absolute atomic E-state index is 12.5. The van der Waals surface area contributed by atoms with Crippen molar-refractivity contribution < 1.29 is 52.8 Å². The van der Waals surface area contributed by atoms with E-state index >= 15 is 0 Å². The van der Waals surface area contributed by atoms with Crippen molar-refractivity contribution in [3.05, 3.63) is 76.8 Å². The minimum atomic E-state index is -0.619. The number of rotatable bonds is 15. The molecule has 0 saturated carbocycles. The molecule has 14 heteroatoms. The largest absolute Gasteiger partial charge is 0.496 e. The number of methoxy groups -OCH3 is 6. The second kappa shape index (κ2) is 16.9. The first-order chi connectivity index (χ1) is 24.8. The van der Waals surface area contributed by atoms with Crippen LogP contribution < -0.4 is 33.6 Å². The molecule has 0 radical (unpaired) electrons. The van der Waals surface area contributed by atoms with Crippen molar-refractivity contribution in [2.75, 3.05) is 94.2 Å². The molecule has 0 bridgehead atoms. The van der Waals surface area contributed by atoms with Crippen LogP contribution in [0.4, 0.5) is 11.4 Å². The SMILES string of the molecule is COC1=CC(=[N+](C)C)C=C(OC)C1=C(c1c(OC)cc(N(C)C)cc1OC)c1c(OC)cc(N(C)CCCC(=O)On2c(O)ccc2O)cc1OC. The maximum atomic E-state index is 12.5. The van der Waals surface area contributed by atoms with Crippen molar-refractivity contribution in [2.24, 2.45) is 0 Å². The summed E-state index contributed by atoms with van der Waals surface area (Å²) in [6.45, 7) is 0.447. The number of anilines is 2. The minimum absolute atomic E-state index is 0.0245. The van der Waals surface area contributed by atoms with Gasteiger partial charge in [0.2, 0.25) is 17.5 Å². The number of ether oxygens (including phenoxy) is 6. The van der Waals surface area contributed by atoms with Gasteiger partial charge in [-0.1, -0.05) is 0 Å². The van der Waals surface area contributed by atoms with Crippen molar-refractivity contribution in [1.82, 2.24) is 4.73 Å². The summed E-state index contributed by atoms with van der Waals surface area (Å²) in [6, 6.07) is 10.1. The zero-order valence-corrected chi connectivity index (χ0v) is 31.7. The van der Waals surface area contributed by atoms with Crippen LogP contribution in [0.25, 0.3) is 5.57 Å². The van der Waals surface area contributed by atoms with E-state index in [0.717, 1.165) is 17.1 Å². The van der Waals surface area contributed by atoms with Crippen LogP contribution >= 0.6 is 0 Å². The second-order valence-corrected chi connectivity index (χ2v) is 12.2. The highest BCUT2D eigenvalue weighted by atomic mass is 16.7. The van der Waals surface area contributed by atoms with E-state index < -0.39 is 5.97 Å². The predicted octanol–water partition coefficient (Wildman–Crippen LogP) is 4.46. The van der Waals surface area contributed by atoms with E-state index in [1.54, 1.807) is 42.7 Å². The summed E-state index contributed by atoms with van der Waals surface area (Å²) >= 11 is 0. The molecule has 2 aromatic carbocycles. The molecule has 0 unspecified atom stereocenters. The summed E-state index contributed by atoms with van der Waals surface area (Å²) in [5.41, 5.74) is 4.89. The van der Waals surface area contributed by atoms with Crippen molar-refractivity contribution in [3.63, 3.8) is 0 Å². The van der Waals surface area contributed by atoms with Gasteiger partial charge in [0.25, 0.3) is 0 Å². The highest BCUT2D eigenvalue weighted by molar-refractivity contribution is 6.06. The van der Waals surface area contributed by atoms with Crippen LogP contribution in [-0.2, 0) is 14.3 Å². The first kappa shape index (κ1) is 38.9. The lowest BCUT2D eigenvalue weighted by molar-refractivity contribution is -0.462. The molecule has 0 spiro atoms. The van der Waals surface area contributed by atoms with Crippen molar-refractivity contribution in [1.29, 1.82) is 0 Å².